The van der Waals surface area contributed by atoms with Crippen LogP contribution in [0.1, 0.15) is 18.9 Å². The van der Waals surface area contributed by atoms with E-state index < -0.39 is 6.04 Å². The van der Waals surface area contributed by atoms with Crippen LogP contribution in [0.3, 0.4) is 0 Å². The molecule has 1 unspecified atom stereocenters. The molecule has 0 spiro atoms. The van der Waals surface area contributed by atoms with Gasteiger partial charge in [-0.05, 0) is 24.5 Å². The van der Waals surface area contributed by atoms with Gasteiger partial charge >= 0.3 is 0 Å². The van der Waals surface area contributed by atoms with Gasteiger partial charge in [-0.25, -0.2) is 0 Å². The standard InChI is InChI=1S/C13H20N2O2/c1-3-10-6-4-5-7-12(10)15-13(16)11(14)8-9-17-2/h4-7,11H,3,8-9,14H2,1-2H3,(H,15,16). The minimum absolute atomic E-state index is 0.164. The third kappa shape index (κ3) is 4.17. The average Bonchev–Trinajstić information content (AvgIpc) is 2.36. The van der Waals surface area contributed by atoms with Gasteiger partial charge in [0.2, 0.25) is 5.91 Å². The van der Waals surface area contributed by atoms with Crippen molar-refractivity contribution in [3.8, 4) is 0 Å². The number of methoxy groups -OCH3 is 1. The lowest BCUT2D eigenvalue weighted by Crippen LogP contribution is -2.36. The summed E-state index contributed by atoms with van der Waals surface area (Å²) in [6.45, 7) is 2.54. The number of rotatable bonds is 6. The van der Waals surface area contributed by atoms with Crippen molar-refractivity contribution < 1.29 is 9.53 Å². The molecule has 0 aromatic heterocycles. The van der Waals surface area contributed by atoms with E-state index in [1.165, 1.54) is 0 Å². The van der Waals surface area contributed by atoms with Crippen molar-refractivity contribution in [2.75, 3.05) is 19.0 Å². The molecule has 1 amide bonds. The first-order chi connectivity index (χ1) is 8.19. The molecule has 3 N–H and O–H groups in total. The van der Waals surface area contributed by atoms with Crippen LogP contribution in [0.15, 0.2) is 24.3 Å². The van der Waals surface area contributed by atoms with Gasteiger partial charge in [-0.15, -0.1) is 0 Å². The van der Waals surface area contributed by atoms with Crippen LogP contribution in [0.2, 0.25) is 0 Å². The summed E-state index contributed by atoms with van der Waals surface area (Å²) in [6.07, 6.45) is 1.40. The van der Waals surface area contributed by atoms with Gasteiger partial charge in [-0.1, -0.05) is 25.1 Å². The monoisotopic (exact) mass is 236 g/mol. The Hall–Kier alpha value is -1.39. The number of ether oxygens (including phenoxy) is 1. The molecule has 0 fully saturated rings. The van der Waals surface area contributed by atoms with Gasteiger partial charge in [0.05, 0.1) is 6.04 Å². The average molecular weight is 236 g/mol. The van der Waals surface area contributed by atoms with E-state index in [0.717, 1.165) is 17.7 Å². The number of amides is 1. The van der Waals surface area contributed by atoms with Gasteiger partial charge in [0.15, 0.2) is 0 Å². The number of para-hydroxylation sites is 1. The fourth-order valence-corrected chi connectivity index (χ4v) is 1.55. The van der Waals surface area contributed by atoms with Crippen molar-refractivity contribution in [2.24, 2.45) is 5.73 Å². The molecule has 0 saturated heterocycles. The van der Waals surface area contributed by atoms with Crippen LogP contribution in [0.5, 0.6) is 0 Å². The van der Waals surface area contributed by atoms with Gasteiger partial charge in [0.1, 0.15) is 0 Å². The molecule has 0 aliphatic heterocycles. The number of nitrogens with two attached hydrogens (primary N) is 1. The molecule has 0 heterocycles. The Kier molecular flexibility index (Phi) is 5.66. The van der Waals surface area contributed by atoms with Crippen molar-refractivity contribution in [2.45, 2.75) is 25.8 Å². The van der Waals surface area contributed by atoms with Crippen LogP contribution >= 0.6 is 0 Å². The minimum atomic E-state index is -0.528. The molecule has 17 heavy (non-hydrogen) atoms. The first kappa shape index (κ1) is 13.7. The van der Waals surface area contributed by atoms with Crippen LogP contribution in [-0.4, -0.2) is 25.7 Å². The molecule has 94 valence electrons. The number of nitrogens with one attached hydrogen (secondary N) is 1. The molecule has 1 aromatic carbocycles. The van der Waals surface area contributed by atoms with E-state index in [-0.39, 0.29) is 5.91 Å². The van der Waals surface area contributed by atoms with Gasteiger partial charge in [0, 0.05) is 19.4 Å². The molecule has 0 saturated carbocycles. The zero-order valence-electron chi connectivity index (χ0n) is 10.4. The number of carbonyl (C=O) groups is 1. The van der Waals surface area contributed by atoms with Gasteiger partial charge < -0.3 is 15.8 Å². The summed E-state index contributed by atoms with van der Waals surface area (Å²) < 4.78 is 4.90. The number of carbonyl (C=O) groups excluding carboxylic acids is 1. The first-order valence-corrected chi connectivity index (χ1v) is 5.82. The molecule has 1 rings (SSSR count). The number of hydrogen-bond donors (Lipinski definition) is 2. The molecule has 0 bridgehead atoms. The highest BCUT2D eigenvalue weighted by molar-refractivity contribution is 5.95. The third-order valence-corrected chi connectivity index (χ3v) is 2.63. The van der Waals surface area contributed by atoms with E-state index in [1.54, 1.807) is 7.11 Å². The number of benzene rings is 1. The summed E-state index contributed by atoms with van der Waals surface area (Å²) in [6, 6.07) is 7.21. The Morgan fingerprint density at radius 2 is 2.18 bits per heavy atom. The molecule has 4 nitrogen and oxygen atoms in total. The molecule has 4 heteroatoms. The Labute approximate surface area is 102 Å². The maximum absolute atomic E-state index is 11.8. The van der Waals surface area contributed by atoms with Crippen molar-refractivity contribution >= 4 is 11.6 Å². The van der Waals surface area contributed by atoms with E-state index >= 15 is 0 Å². The largest absolute Gasteiger partial charge is 0.385 e. The van der Waals surface area contributed by atoms with Crippen molar-refractivity contribution in [1.82, 2.24) is 0 Å². The lowest BCUT2D eigenvalue weighted by molar-refractivity contribution is -0.117. The highest BCUT2D eigenvalue weighted by Crippen LogP contribution is 2.15. The summed E-state index contributed by atoms with van der Waals surface area (Å²) in [7, 11) is 1.59. The predicted octanol–water partition coefficient (Wildman–Crippen LogP) is 1.55. The fraction of sp³-hybridized carbons (Fsp3) is 0.462. The maximum Gasteiger partial charge on any atom is 0.241 e. The molecule has 0 aliphatic carbocycles. The van der Waals surface area contributed by atoms with E-state index in [1.807, 2.05) is 24.3 Å². The van der Waals surface area contributed by atoms with E-state index in [2.05, 4.69) is 12.2 Å². The molecular formula is C13H20N2O2. The summed E-state index contributed by atoms with van der Waals surface area (Å²) >= 11 is 0. The summed E-state index contributed by atoms with van der Waals surface area (Å²) in [4.78, 5) is 11.8. The van der Waals surface area contributed by atoms with Crippen LogP contribution in [0, 0.1) is 0 Å². The van der Waals surface area contributed by atoms with E-state index in [0.29, 0.717) is 13.0 Å². The van der Waals surface area contributed by atoms with Gasteiger partial charge in [-0.3, -0.25) is 4.79 Å². The zero-order chi connectivity index (χ0) is 12.7. The second-order valence-electron chi connectivity index (χ2n) is 3.89. The minimum Gasteiger partial charge on any atom is -0.385 e. The normalized spacial score (nSPS) is 12.2. The lowest BCUT2D eigenvalue weighted by Gasteiger charge is -2.14. The first-order valence-electron chi connectivity index (χ1n) is 5.82. The highest BCUT2D eigenvalue weighted by atomic mass is 16.5. The molecular weight excluding hydrogens is 216 g/mol. The second-order valence-corrected chi connectivity index (χ2v) is 3.89. The lowest BCUT2D eigenvalue weighted by atomic mass is 10.1. The Bertz CT molecular complexity index is 366. The highest BCUT2D eigenvalue weighted by Gasteiger charge is 2.14. The van der Waals surface area contributed by atoms with Crippen LogP contribution in [0.25, 0.3) is 0 Å². The molecule has 1 aromatic rings. The Morgan fingerprint density at radius 1 is 1.47 bits per heavy atom. The summed E-state index contributed by atoms with van der Waals surface area (Å²) in [5.74, 6) is -0.164. The molecule has 0 aliphatic rings. The van der Waals surface area contributed by atoms with E-state index in [4.69, 9.17) is 10.5 Å². The maximum atomic E-state index is 11.8. The van der Waals surface area contributed by atoms with Crippen LogP contribution < -0.4 is 11.1 Å². The Morgan fingerprint density at radius 3 is 2.82 bits per heavy atom. The topological polar surface area (TPSA) is 64.4 Å². The Balaban J connectivity index is 2.61. The number of hydrogen-bond acceptors (Lipinski definition) is 3. The van der Waals surface area contributed by atoms with Gasteiger partial charge in [-0.2, -0.15) is 0 Å². The van der Waals surface area contributed by atoms with E-state index in [9.17, 15) is 4.79 Å². The van der Waals surface area contributed by atoms with Gasteiger partial charge in [0.25, 0.3) is 0 Å². The number of aryl methyl sites for hydroxylation is 1. The summed E-state index contributed by atoms with van der Waals surface area (Å²) in [5.41, 5.74) is 7.70. The SMILES string of the molecule is CCc1ccccc1NC(=O)C(N)CCOC. The third-order valence-electron chi connectivity index (χ3n) is 2.63. The zero-order valence-corrected chi connectivity index (χ0v) is 10.4. The second kappa shape index (κ2) is 7.04. The van der Waals surface area contributed by atoms with Crippen LogP contribution in [-0.2, 0) is 16.0 Å². The molecule has 0 radical (unpaired) electrons. The van der Waals surface area contributed by atoms with Crippen molar-refractivity contribution in [3.05, 3.63) is 29.8 Å². The molecule has 1 atom stereocenters. The number of anilines is 1. The fourth-order valence-electron chi connectivity index (χ4n) is 1.55. The van der Waals surface area contributed by atoms with Crippen molar-refractivity contribution in [3.63, 3.8) is 0 Å². The quantitative estimate of drug-likeness (QED) is 0.787. The smallest absolute Gasteiger partial charge is 0.241 e. The summed E-state index contributed by atoms with van der Waals surface area (Å²) in [5, 5.41) is 2.85. The predicted molar refractivity (Wildman–Crippen MR) is 68.9 cm³/mol. The van der Waals surface area contributed by atoms with Crippen LogP contribution in [0.4, 0.5) is 5.69 Å². The van der Waals surface area contributed by atoms with Crippen molar-refractivity contribution in [1.29, 1.82) is 0 Å².